The second kappa shape index (κ2) is 5.53. The maximum Gasteiger partial charge on any atom is 0.0152 e. The zero-order chi connectivity index (χ0) is 14.0. The van der Waals surface area contributed by atoms with E-state index >= 15 is 0 Å². The molecule has 0 N–H and O–H groups in total. The molecule has 0 amide bonds. The smallest absolute Gasteiger partial charge is 0.0152 e. The zero-order valence-corrected chi connectivity index (χ0v) is 13.1. The lowest BCUT2D eigenvalue weighted by molar-refractivity contribution is 0.627. The van der Waals surface area contributed by atoms with Crippen molar-refractivity contribution in [2.24, 2.45) is 11.3 Å². The van der Waals surface area contributed by atoms with Gasteiger partial charge in [0.15, 0.2) is 0 Å². The molecule has 0 saturated heterocycles. The molecule has 19 heavy (non-hydrogen) atoms. The van der Waals surface area contributed by atoms with Crippen LogP contribution in [0, 0.1) is 11.3 Å². The molecule has 0 spiro atoms. The van der Waals surface area contributed by atoms with E-state index in [0.717, 1.165) is 12.3 Å². The van der Waals surface area contributed by atoms with Gasteiger partial charge in [-0.1, -0.05) is 47.4 Å². The third-order valence-electron chi connectivity index (χ3n) is 5.00. The van der Waals surface area contributed by atoms with Crippen molar-refractivity contribution in [3.63, 3.8) is 0 Å². The molecule has 2 aliphatic rings. The molecule has 0 aromatic rings. The van der Waals surface area contributed by atoms with E-state index in [9.17, 15) is 0 Å². The monoisotopic (exact) mass is 256 g/mol. The van der Waals surface area contributed by atoms with Gasteiger partial charge in [-0.2, -0.15) is 0 Å². The van der Waals surface area contributed by atoms with Crippen LogP contribution in [-0.4, -0.2) is 0 Å². The Kier molecular flexibility index (Phi) is 4.18. The molecule has 2 rings (SSSR count). The maximum absolute atomic E-state index is 3.81. The third kappa shape index (κ3) is 2.78. The molecule has 0 aliphatic heterocycles. The van der Waals surface area contributed by atoms with Crippen LogP contribution >= 0.6 is 0 Å². The molecular weight excluding hydrogens is 228 g/mol. The quantitative estimate of drug-likeness (QED) is 0.513. The van der Waals surface area contributed by atoms with Crippen molar-refractivity contribution in [1.29, 1.82) is 0 Å². The standard InChI is InChI=1S/C19H28/c1-6-8-9-14(3)12-18(17-10-11-17)19(13-16(19)5)15(4)7-2/h6-7,9,16H,1,8,10-13H2,2-5H3. The Morgan fingerprint density at radius 1 is 1.37 bits per heavy atom. The molecule has 2 fully saturated rings. The Balaban J connectivity index is 2.24. The first-order valence-corrected chi connectivity index (χ1v) is 7.67. The average Bonchev–Trinajstić information content (AvgIpc) is 3.29. The van der Waals surface area contributed by atoms with Crippen LogP contribution in [0.5, 0.6) is 0 Å². The second-order valence-electron chi connectivity index (χ2n) is 6.38. The molecule has 0 aromatic carbocycles. The summed E-state index contributed by atoms with van der Waals surface area (Å²) < 4.78 is 0. The van der Waals surface area contributed by atoms with Crippen molar-refractivity contribution in [2.45, 2.75) is 59.8 Å². The molecule has 0 radical (unpaired) electrons. The molecule has 2 aliphatic carbocycles. The van der Waals surface area contributed by atoms with Crippen LogP contribution < -0.4 is 0 Å². The predicted octanol–water partition coefficient (Wildman–Crippen LogP) is 5.98. The van der Waals surface area contributed by atoms with Gasteiger partial charge in [0, 0.05) is 5.41 Å². The van der Waals surface area contributed by atoms with Crippen molar-refractivity contribution in [3.8, 4) is 0 Å². The summed E-state index contributed by atoms with van der Waals surface area (Å²) in [6.07, 6.45) is 12.9. The van der Waals surface area contributed by atoms with Crippen molar-refractivity contribution in [3.05, 3.63) is 47.1 Å². The molecule has 0 aromatic heterocycles. The van der Waals surface area contributed by atoms with E-state index < -0.39 is 0 Å². The molecule has 0 heterocycles. The Morgan fingerprint density at radius 2 is 2.00 bits per heavy atom. The highest BCUT2D eigenvalue weighted by Gasteiger charge is 2.55. The Labute approximate surface area is 119 Å². The number of allylic oxidation sites excluding steroid dienone is 7. The summed E-state index contributed by atoms with van der Waals surface area (Å²) >= 11 is 0. The van der Waals surface area contributed by atoms with Gasteiger partial charge in [-0.05, 0) is 58.8 Å². The van der Waals surface area contributed by atoms with Gasteiger partial charge in [0.1, 0.15) is 0 Å². The topological polar surface area (TPSA) is 0 Å². The van der Waals surface area contributed by atoms with Crippen LogP contribution in [-0.2, 0) is 0 Å². The minimum Gasteiger partial charge on any atom is -0.103 e. The van der Waals surface area contributed by atoms with Crippen LogP contribution in [0.25, 0.3) is 0 Å². The van der Waals surface area contributed by atoms with Crippen molar-refractivity contribution >= 4 is 0 Å². The fraction of sp³-hybridized carbons (Fsp3) is 0.579. The molecule has 2 atom stereocenters. The molecule has 104 valence electrons. The van der Waals surface area contributed by atoms with Crippen LogP contribution in [0.1, 0.15) is 59.8 Å². The van der Waals surface area contributed by atoms with E-state index in [-0.39, 0.29) is 0 Å². The van der Waals surface area contributed by atoms with Gasteiger partial charge in [0.05, 0.1) is 0 Å². The summed E-state index contributed by atoms with van der Waals surface area (Å²) in [5.41, 5.74) is 7.03. The Bertz CT molecular complexity index is 452. The number of hydrogen-bond donors (Lipinski definition) is 0. The molecule has 2 saturated carbocycles. The fourth-order valence-electron chi connectivity index (χ4n) is 3.49. The molecular formula is C19H28. The molecule has 0 nitrogen and oxygen atoms in total. The predicted molar refractivity (Wildman–Crippen MR) is 85.1 cm³/mol. The Morgan fingerprint density at radius 3 is 2.42 bits per heavy atom. The summed E-state index contributed by atoms with van der Waals surface area (Å²) in [6, 6.07) is 0. The first-order valence-electron chi connectivity index (χ1n) is 7.67. The van der Waals surface area contributed by atoms with Crippen molar-refractivity contribution in [1.82, 2.24) is 0 Å². The lowest BCUT2D eigenvalue weighted by Crippen LogP contribution is -2.10. The summed E-state index contributed by atoms with van der Waals surface area (Å²) in [4.78, 5) is 0. The molecule has 2 unspecified atom stereocenters. The first kappa shape index (κ1) is 14.4. The Hall–Kier alpha value is -1.04. The summed E-state index contributed by atoms with van der Waals surface area (Å²) in [5, 5.41) is 0. The van der Waals surface area contributed by atoms with E-state index in [1.165, 1.54) is 31.3 Å². The van der Waals surface area contributed by atoms with Crippen LogP contribution in [0.2, 0.25) is 0 Å². The molecule has 0 bridgehead atoms. The highest BCUT2D eigenvalue weighted by atomic mass is 14.6. The average molecular weight is 256 g/mol. The van der Waals surface area contributed by atoms with E-state index in [0.29, 0.717) is 5.41 Å². The lowest BCUT2D eigenvalue weighted by Gasteiger charge is -2.23. The fourth-order valence-corrected chi connectivity index (χ4v) is 3.49. The first-order chi connectivity index (χ1) is 9.06. The molecule has 0 heteroatoms. The zero-order valence-electron chi connectivity index (χ0n) is 13.1. The van der Waals surface area contributed by atoms with Crippen molar-refractivity contribution in [2.75, 3.05) is 0 Å². The summed E-state index contributed by atoms with van der Waals surface area (Å²) in [5.74, 6) is 0.832. The van der Waals surface area contributed by atoms with E-state index in [4.69, 9.17) is 0 Å². The van der Waals surface area contributed by atoms with E-state index in [1.807, 2.05) is 6.08 Å². The number of hydrogen-bond acceptors (Lipinski definition) is 0. The maximum atomic E-state index is 3.81. The van der Waals surface area contributed by atoms with Gasteiger partial charge in [-0.25, -0.2) is 0 Å². The SMILES string of the molecule is C=CCC=C(C)CC(=C1CC1)C1(C(C)=CC)CC1C. The second-order valence-corrected chi connectivity index (χ2v) is 6.38. The van der Waals surface area contributed by atoms with Crippen LogP contribution in [0.4, 0.5) is 0 Å². The van der Waals surface area contributed by atoms with E-state index in [2.05, 4.69) is 46.4 Å². The van der Waals surface area contributed by atoms with Crippen molar-refractivity contribution < 1.29 is 0 Å². The van der Waals surface area contributed by atoms with E-state index in [1.54, 1.807) is 16.7 Å². The minimum absolute atomic E-state index is 0.420. The minimum atomic E-state index is 0.420. The summed E-state index contributed by atoms with van der Waals surface area (Å²) in [7, 11) is 0. The highest BCUT2D eigenvalue weighted by molar-refractivity contribution is 5.45. The number of rotatable bonds is 6. The van der Waals surface area contributed by atoms with Gasteiger partial charge in [-0.3, -0.25) is 0 Å². The normalized spacial score (nSPS) is 30.3. The highest BCUT2D eigenvalue weighted by Crippen LogP contribution is 2.65. The third-order valence-corrected chi connectivity index (χ3v) is 5.00. The lowest BCUT2D eigenvalue weighted by atomic mass is 9.81. The van der Waals surface area contributed by atoms with Gasteiger partial charge in [0.25, 0.3) is 0 Å². The van der Waals surface area contributed by atoms with Crippen LogP contribution in [0.15, 0.2) is 47.1 Å². The van der Waals surface area contributed by atoms with Gasteiger partial charge in [-0.15, -0.1) is 6.58 Å². The largest absolute Gasteiger partial charge is 0.103 e. The van der Waals surface area contributed by atoms with Gasteiger partial charge >= 0.3 is 0 Å². The van der Waals surface area contributed by atoms with Crippen LogP contribution in [0.3, 0.4) is 0 Å². The van der Waals surface area contributed by atoms with Gasteiger partial charge in [0.2, 0.25) is 0 Å². The summed E-state index contributed by atoms with van der Waals surface area (Å²) in [6.45, 7) is 13.0. The van der Waals surface area contributed by atoms with Gasteiger partial charge < -0.3 is 0 Å².